The molecule has 0 amide bonds. The van der Waals surface area contributed by atoms with E-state index < -0.39 is 10.1 Å². The number of ether oxygens (including phenoxy) is 2. The summed E-state index contributed by atoms with van der Waals surface area (Å²) in [6.07, 6.45) is 5.25. The standard InChI is InChI=1S/C29H42O5S/c1-28(2,3)19-27(29(4,5)6)22-10-12-23(13-11-22)33-20-21-8-7-9-25(18-21)34-24-14-16-26(17-15-24)35(30,31)32/h10-17,21,25,27H,7-9,18-20H2,1-6H3,(H,30,31,32). The average Bonchev–Trinajstić information content (AvgIpc) is 2.75. The van der Waals surface area contributed by atoms with Crippen LogP contribution in [0.25, 0.3) is 0 Å². The summed E-state index contributed by atoms with van der Waals surface area (Å²) in [6, 6.07) is 14.6. The Bertz CT molecular complexity index is 1040. The van der Waals surface area contributed by atoms with E-state index in [4.69, 9.17) is 14.0 Å². The van der Waals surface area contributed by atoms with Gasteiger partial charge in [-0.3, -0.25) is 4.55 Å². The topological polar surface area (TPSA) is 72.8 Å². The van der Waals surface area contributed by atoms with Gasteiger partial charge in [0.15, 0.2) is 0 Å². The first kappa shape index (κ1) is 27.5. The zero-order chi connectivity index (χ0) is 25.9. The van der Waals surface area contributed by atoms with E-state index in [0.29, 0.717) is 24.2 Å². The molecule has 2 aromatic carbocycles. The molecule has 35 heavy (non-hydrogen) atoms. The molecule has 0 saturated heterocycles. The third kappa shape index (κ3) is 8.53. The molecule has 3 rings (SSSR count). The number of hydrogen-bond acceptors (Lipinski definition) is 4. The highest BCUT2D eigenvalue weighted by molar-refractivity contribution is 7.85. The van der Waals surface area contributed by atoms with Crippen molar-refractivity contribution in [1.82, 2.24) is 0 Å². The first-order valence-electron chi connectivity index (χ1n) is 12.7. The van der Waals surface area contributed by atoms with Gasteiger partial charge in [-0.05, 0) is 96.7 Å². The molecule has 0 bridgehead atoms. The molecule has 6 heteroatoms. The Balaban J connectivity index is 1.54. The lowest BCUT2D eigenvalue weighted by Gasteiger charge is -2.36. The van der Waals surface area contributed by atoms with Gasteiger partial charge in [-0.15, -0.1) is 0 Å². The Hall–Kier alpha value is -2.05. The van der Waals surface area contributed by atoms with Crippen molar-refractivity contribution in [2.75, 3.05) is 6.61 Å². The third-order valence-corrected chi connectivity index (χ3v) is 7.66. The van der Waals surface area contributed by atoms with Gasteiger partial charge in [0.2, 0.25) is 0 Å². The van der Waals surface area contributed by atoms with Gasteiger partial charge in [-0.25, -0.2) is 0 Å². The molecule has 0 heterocycles. The Kier molecular flexibility index (Phi) is 8.59. The van der Waals surface area contributed by atoms with Crippen molar-refractivity contribution >= 4 is 10.1 Å². The molecule has 0 aliphatic heterocycles. The molecule has 1 aliphatic rings. The molecule has 1 aliphatic carbocycles. The molecule has 0 radical (unpaired) electrons. The predicted molar refractivity (Wildman–Crippen MR) is 141 cm³/mol. The fourth-order valence-electron chi connectivity index (χ4n) is 4.93. The van der Waals surface area contributed by atoms with E-state index in [9.17, 15) is 8.42 Å². The van der Waals surface area contributed by atoms with E-state index in [0.717, 1.165) is 37.9 Å². The number of hydrogen-bond donors (Lipinski definition) is 1. The van der Waals surface area contributed by atoms with E-state index in [1.54, 1.807) is 12.1 Å². The Labute approximate surface area is 212 Å². The fourth-order valence-corrected chi connectivity index (χ4v) is 5.41. The maximum atomic E-state index is 11.2. The van der Waals surface area contributed by atoms with Gasteiger partial charge in [0.1, 0.15) is 11.5 Å². The molecule has 1 saturated carbocycles. The molecule has 0 aromatic heterocycles. The van der Waals surface area contributed by atoms with Crippen molar-refractivity contribution in [2.45, 2.75) is 90.6 Å². The Morgan fingerprint density at radius 1 is 0.914 bits per heavy atom. The van der Waals surface area contributed by atoms with Crippen molar-refractivity contribution in [3.8, 4) is 11.5 Å². The Morgan fingerprint density at radius 2 is 1.51 bits per heavy atom. The monoisotopic (exact) mass is 502 g/mol. The first-order chi connectivity index (χ1) is 16.2. The number of rotatable bonds is 8. The van der Waals surface area contributed by atoms with Crippen molar-refractivity contribution in [2.24, 2.45) is 16.7 Å². The zero-order valence-corrected chi connectivity index (χ0v) is 22.9. The Morgan fingerprint density at radius 3 is 2.06 bits per heavy atom. The second-order valence-corrected chi connectivity index (χ2v) is 13.7. The van der Waals surface area contributed by atoms with E-state index in [1.165, 1.54) is 17.7 Å². The van der Waals surface area contributed by atoms with Crippen LogP contribution >= 0.6 is 0 Å². The van der Waals surface area contributed by atoms with Crippen LogP contribution < -0.4 is 9.47 Å². The lowest BCUT2D eigenvalue weighted by molar-refractivity contribution is 0.0988. The van der Waals surface area contributed by atoms with Crippen molar-refractivity contribution in [3.63, 3.8) is 0 Å². The quantitative estimate of drug-likeness (QED) is 0.378. The highest BCUT2D eigenvalue weighted by Gasteiger charge is 2.30. The molecule has 5 nitrogen and oxygen atoms in total. The minimum Gasteiger partial charge on any atom is -0.493 e. The molecule has 3 unspecified atom stereocenters. The first-order valence-corrected chi connectivity index (χ1v) is 14.1. The van der Waals surface area contributed by atoms with E-state index in [-0.39, 0.29) is 21.8 Å². The SMILES string of the molecule is CC(C)(C)CC(c1ccc(OCC2CCCC(Oc3ccc(S(=O)(=O)O)cc3)C2)cc1)C(C)(C)C. The summed E-state index contributed by atoms with van der Waals surface area (Å²) in [6.45, 7) is 14.5. The van der Waals surface area contributed by atoms with E-state index >= 15 is 0 Å². The van der Waals surface area contributed by atoms with Crippen LogP contribution in [0, 0.1) is 16.7 Å². The summed E-state index contributed by atoms with van der Waals surface area (Å²) >= 11 is 0. The highest BCUT2D eigenvalue weighted by atomic mass is 32.2. The molecule has 2 aromatic rings. The second kappa shape index (κ2) is 10.9. The van der Waals surface area contributed by atoms with Crippen LogP contribution in [0.3, 0.4) is 0 Å². The molecule has 0 spiro atoms. The van der Waals surface area contributed by atoms with Gasteiger partial charge in [0.05, 0.1) is 17.6 Å². The molecule has 3 atom stereocenters. The van der Waals surface area contributed by atoms with Gasteiger partial charge < -0.3 is 9.47 Å². The summed E-state index contributed by atoms with van der Waals surface area (Å²) in [4.78, 5) is -0.127. The summed E-state index contributed by atoms with van der Waals surface area (Å²) in [5, 5.41) is 0. The minimum absolute atomic E-state index is 0.0706. The van der Waals surface area contributed by atoms with Gasteiger partial charge in [-0.2, -0.15) is 8.42 Å². The van der Waals surface area contributed by atoms with Crippen LogP contribution in [0.15, 0.2) is 53.4 Å². The lowest BCUT2D eigenvalue weighted by Crippen LogP contribution is -2.28. The molecule has 194 valence electrons. The maximum Gasteiger partial charge on any atom is 0.294 e. The molecule has 1 fully saturated rings. The fraction of sp³-hybridized carbons (Fsp3) is 0.586. The lowest BCUT2D eigenvalue weighted by atomic mass is 9.69. The summed E-state index contributed by atoms with van der Waals surface area (Å²) in [5.74, 6) is 2.41. The molecule has 1 N–H and O–H groups in total. The van der Waals surface area contributed by atoms with Crippen LogP contribution in [0.4, 0.5) is 0 Å². The largest absolute Gasteiger partial charge is 0.493 e. The molecular formula is C29H42O5S. The second-order valence-electron chi connectivity index (χ2n) is 12.3. The predicted octanol–water partition coefficient (Wildman–Crippen LogP) is 7.52. The average molecular weight is 503 g/mol. The van der Waals surface area contributed by atoms with E-state index in [2.05, 4.69) is 65.8 Å². The summed E-state index contributed by atoms with van der Waals surface area (Å²) in [7, 11) is -4.19. The van der Waals surface area contributed by atoms with Gasteiger partial charge in [0.25, 0.3) is 10.1 Å². The van der Waals surface area contributed by atoms with E-state index in [1.807, 2.05) is 0 Å². The van der Waals surface area contributed by atoms with Gasteiger partial charge in [-0.1, -0.05) is 53.7 Å². The minimum atomic E-state index is -4.19. The van der Waals surface area contributed by atoms with Gasteiger partial charge >= 0.3 is 0 Å². The zero-order valence-electron chi connectivity index (χ0n) is 22.1. The maximum absolute atomic E-state index is 11.2. The summed E-state index contributed by atoms with van der Waals surface area (Å²) < 4.78 is 43.8. The third-order valence-electron chi connectivity index (χ3n) is 6.79. The normalized spacial score (nSPS) is 20.3. The van der Waals surface area contributed by atoms with Gasteiger partial charge in [0, 0.05) is 0 Å². The number of benzene rings is 2. The van der Waals surface area contributed by atoms with Crippen LogP contribution in [-0.4, -0.2) is 25.7 Å². The van der Waals surface area contributed by atoms with Crippen molar-refractivity contribution < 1.29 is 22.4 Å². The smallest absolute Gasteiger partial charge is 0.294 e. The van der Waals surface area contributed by atoms with Crippen LogP contribution in [0.1, 0.15) is 85.1 Å². The molecular weight excluding hydrogens is 460 g/mol. The summed E-state index contributed by atoms with van der Waals surface area (Å²) in [5.41, 5.74) is 1.83. The van der Waals surface area contributed by atoms with Crippen LogP contribution in [0.2, 0.25) is 0 Å². The van der Waals surface area contributed by atoms with Crippen molar-refractivity contribution in [1.29, 1.82) is 0 Å². The van der Waals surface area contributed by atoms with Crippen LogP contribution in [0.5, 0.6) is 11.5 Å². The van der Waals surface area contributed by atoms with Crippen molar-refractivity contribution in [3.05, 3.63) is 54.1 Å². The van der Waals surface area contributed by atoms with Crippen LogP contribution in [-0.2, 0) is 10.1 Å². The highest BCUT2D eigenvalue weighted by Crippen LogP contribution is 2.43.